The summed E-state index contributed by atoms with van der Waals surface area (Å²) in [5.41, 5.74) is 0.779. The second-order valence-electron chi connectivity index (χ2n) is 3.16. The third kappa shape index (κ3) is 2.38. The maximum absolute atomic E-state index is 11.4. The zero-order valence-corrected chi connectivity index (χ0v) is 9.40. The van der Waals surface area contributed by atoms with Crippen LogP contribution < -0.4 is 5.69 Å². The second-order valence-corrected chi connectivity index (χ2v) is 3.56. The number of halogens is 1. The van der Waals surface area contributed by atoms with Crippen molar-refractivity contribution in [1.82, 2.24) is 14.8 Å². The lowest BCUT2D eigenvalue weighted by molar-refractivity contribution is 0.350. The predicted octanol–water partition coefficient (Wildman–Crippen LogP) is 0.558. The molecule has 0 bridgehead atoms. The molecule has 2 N–H and O–H groups in total. The number of aliphatic hydroxyl groups is 1. The van der Waals surface area contributed by atoms with Gasteiger partial charge in [0.2, 0.25) is 0 Å². The van der Waals surface area contributed by atoms with E-state index in [0.717, 1.165) is 0 Å². The van der Waals surface area contributed by atoms with Gasteiger partial charge in [0, 0.05) is 5.56 Å². The molecule has 0 radical (unpaired) electrons. The second kappa shape index (κ2) is 4.87. The number of hydrogen-bond donors (Lipinski definition) is 2. The molecule has 17 heavy (non-hydrogen) atoms. The van der Waals surface area contributed by atoms with Crippen molar-refractivity contribution in [2.45, 2.75) is 0 Å². The SMILES string of the molecule is O=c1[nH]ncn1-c1cc(C#CCO)ccc1Cl. The molecule has 2 rings (SSSR count). The van der Waals surface area contributed by atoms with E-state index in [9.17, 15) is 4.79 Å². The molecule has 0 unspecified atom stereocenters. The molecular formula is C11H8ClN3O2. The molecule has 0 atom stereocenters. The average Bonchev–Trinajstić information content (AvgIpc) is 2.74. The minimum absolute atomic E-state index is 0.219. The topological polar surface area (TPSA) is 70.9 Å². The van der Waals surface area contributed by atoms with Gasteiger partial charge in [-0.1, -0.05) is 23.4 Å². The largest absolute Gasteiger partial charge is 0.384 e. The van der Waals surface area contributed by atoms with Crippen LogP contribution in [0.5, 0.6) is 0 Å². The molecule has 6 heteroatoms. The molecule has 0 fully saturated rings. The van der Waals surface area contributed by atoms with Crippen LogP contribution in [-0.4, -0.2) is 26.5 Å². The van der Waals surface area contributed by atoms with E-state index >= 15 is 0 Å². The summed E-state index contributed by atoms with van der Waals surface area (Å²) in [6.45, 7) is -0.219. The average molecular weight is 250 g/mol. The van der Waals surface area contributed by atoms with Gasteiger partial charge in [-0.05, 0) is 18.2 Å². The molecule has 86 valence electrons. The van der Waals surface area contributed by atoms with Crippen molar-refractivity contribution >= 4 is 11.6 Å². The fourth-order valence-corrected chi connectivity index (χ4v) is 1.54. The zero-order chi connectivity index (χ0) is 12.3. The van der Waals surface area contributed by atoms with Crippen molar-refractivity contribution in [2.24, 2.45) is 0 Å². The Balaban J connectivity index is 2.54. The van der Waals surface area contributed by atoms with Crippen molar-refractivity contribution < 1.29 is 5.11 Å². The van der Waals surface area contributed by atoms with Gasteiger partial charge in [-0.25, -0.2) is 14.5 Å². The van der Waals surface area contributed by atoms with Crippen LogP contribution in [0.2, 0.25) is 5.02 Å². The molecule has 1 aromatic heterocycles. The van der Waals surface area contributed by atoms with E-state index in [4.69, 9.17) is 16.7 Å². The molecule has 0 saturated carbocycles. The third-order valence-corrected chi connectivity index (χ3v) is 2.39. The van der Waals surface area contributed by atoms with E-state index in [0.29, 0.717) is 16.3 Å². The lowest BCUT2D eigenvalue weighted by Crippen LogP contribution is -2.14. The number of benzene rings is 1. The van der Waals surface area contributed by atoms with E-state index < -0.39 is 0 Å². The van der Waals surface area contributed by atoms with Crippen molar-refractivity contribution in [1.29, 1.82) is 0 Å². The lowest BCUT2D eigenvalue weighted by atomic mass is 10.2. The van der Waals surface area contributed by atoms with Gasteiger partial charge in [0.1, 0.15) is 12.9 Å². The fraction of sp³-hybridized carbons (Fsp3) is 0.0909. The molecule has 0 aliphatic heterocycles. The summed E-state index contributed by atoms with van der Waals surface area (Å²) < 4.78 is 1.28. The zero-order valence-electron chi connectivity index (χ0n) is 8.64. The monoisotopic (exact) mass is 249 g/mol. The van der Waals surface area contributed by atoms with Crippen LogP contribution in [0.1, 0.15) is 5.56 Å². The quantitative estimate of drug-likeness (QED) is 0.726. The minimum atomic E-state index is -0.376. The summed E-state index contributed by atoms with van der Waals surface area (Å²) in [5.74, 6) is 5.26. The first-order chi connectivity index (χ1) is 8.22. The van der Waals surface area contributed by atoms with Gasteiger partial charge in [-0.15, -0.1) is 0 Å². The van der Waals surface area contributed by atoms with Crippen molar-refractivity contribution in [3.05, 3.63) is 45.6 Å². The molecule has 5 nitrogen and oxygen atoms in total. The lowest BCUT2D eigenvalue weighted by Gasteiger charge is -2.03. The highest BCUT2D eigenvalue weighted by atomic mass is 35.5. The summed E-state index contributed by atoms with van der Waals surface area (Å²) in [7, 11) is 0. The third-order valence-electron chi connectivity index (χ3n) is 2.07. The van der Waals surface area contributed by atoms with Crippen LogP contribution in [0.15, 0.2) is 29.3 Å². The maximum atomic E-state index is 11.4. The Morgan fingerprint density at radius 2 is 2.35 bits per heavy atom. The van der Waals surface area contributed by atoms with Gasteiger partial charge in [-0.2, -0.15) is 5.10 Å². The molecule has 0 saturated heterocycles. The van der Waals surface area contributed by atoms with Crippen molar-refractivity contribution in [3.63, 3.8) is 0 Å². The molecule has 0 aliphatic carbocycles. The minimum Gasteiger partial charge on any atom is -0.384 e. The highest BCUT2D eigenvalue weighted by Gasteiger charge is 2.06. The fourth-order valence-electron chi connectivity index (χ4n) is 1.34. The highest BCUT2D eigenvalue weighted by molar-refractivity contribution is 6.32. The Morgan fingerprint density at radius 3 is 3.00 bits per heavy atom. The number of hydrogen-bond acceptors (Lipinski definition) is 3. The van der Waals surface area contributed by atoms with E-state index in [2.05, 4.69) is 22.0 Å². The number of aromatic nitrogens is 3. The van der Waals surface area contributed by atoms with Crippen molar-refractivity contribution in [2.75, 3.05) is 6.61 Å². The van der Waals surface area contributed by atoms with Crippen LogP contribution in [0.4, 0.5) is 0 Å². The first kappa shape index (κ1) is 11.5. The van der Waals surface area contributed by atoms with Gasteiger partial charge in [-0.3, -0.25) is 0 Å². The van der Waals surface area contributed by atoms with Gasteiger partial charge in [0.25, 0.3) is 0 Å². The standard InChI is InChI=1S/C11H8ClN3O2/c12-9-4-3-8(2-1-5-16)6-10(9)15-7-13-14-11(15)17/h3-4,6-7,16H,5H2,(H,14,17). The molecule has 1 heterocycles. The summed E-state index contributed by atoms with van der Waals surface area (Å²) in [5, 5.41) is 14.9. The normalized spacial score (nSPS) is 9.76. The molecule has 0 spiro atoms. The van der Waals surface area contributed by atoms with Crippen LogP contribution in [-0.2, 0) is 0 Å². The number of nitrogens with one attached hydrogen (secondary N) is 1. The van der Waals surface area contributed by atoms with E-state index in [1.165, 1.54) is 10.9 Å². The first-order valence-corrected chi connectivity index (χ1v) is 5.12. The Kier molecular flexibility index (Phi) is 3.28. The number of H-pyrrole nitrogens is 1. The van der Waals surface area contributed by atoms with E-state index in [1.807, 2.05) is 0 Å². The van der Waals surface area contributed by atoms with Gasteiger partial charge in [0.05, 0.1) is 10.7 Å². The van der Waals surface area contributed by atoms with Gasteiger partial charge in [0.15, 0.2) is 0 Å². The Hall–Kier alpha value is -2.03. The van der Waals surface area contributed by atoms with Crippen LogP contribution in [0.25, 0.3) is 5.69 Å². The highest BCUT2D eigenvalue weighted by Crippen LogP contribution is 2.19. The predicted molar refractivity (Wildman–Crippen MR) is 63.2 cm³/mol. The molecule has 2 aromatic rings. The summed E-state index contributed by atoms with van der Waals surface area (Å²) in [6, 6.07) is 5.00. The number of aliphatic hydroxyl groups excluding tert-OH is 1. The number of rotatable bonds is 1. The molecule has 0 amide bonds. The Labute approximate surface area is 102 Å². The molecular weight excluding hydrogens is 242 g/mol. The van der Waals surface area contributed by atoms with Crippen LogP contribution in [0.3, 0.4) is 0 Å². The summed E-state index contributed by atoms with van der Waals surface area (Å²) in [4.78, 5) is 11.4. The Bertz CT molecular complexity index is 648. The van der Waals surface area contributed by atoms with E-state index in [-0.39, 0.29) is 12.3 Å². The summed E-state index contributed by atoms with van der Waals surface area (Å²) >= 11 is 5.99. The number of aromatic amines is 1. The molecule has 0 aliphatic rings. The number of nitrogens with zero attached hydrogens (tertiary/aromatic N) is 2. The van der Waals surface area contributed by atoms with Gasteiger partial charge < -0.3 is 5.11 Å². The maximum Gasteiger partial charge on any atom is 0.347 e. The van der Waals surface area contributed by atoms with Gasteiger partial charge >= 0.3 is 5.69 Å². The Morgan fingerprint density at radius 1 is 1.53 bits per heavy atom. The summed E-state index contributed by atoms with van der Waals surface area (Å²) in [6.07, 6.45) is 1.34. The first-order valence-electron chi connectivity index (χ1n) is 4.74. The van der Waals surface area contributed by atoms with Crippen LogP contribution >= 0.6 is 11.6 Å². The van der Waals surface area contributed by atoms with Crippen LogP contribution in [0, 0.1) is 11.8 Å². The van der Waals surface area contributed by atoms with E-state index in [1.54, 1.807) is 18.2 Å². The molecule has 1 aromatic carbocycles. The van der Waals surface area contributed by atoms with Crippen molar-refractivity contribution in [3.8, 4) is 17.5 Å². The smallest absolute Gasteiger partial charge is 0.347 e.